The van der Waals surface area contributed by atoms with Crippen molar-refractivity contribution in [3.05, 3.63) is 81.2 Å². The van der Waals surface area contributed by atoms with Crippen molar-refractivity contribution in [3.63, 3.8) is 0 Å². The van der Waals surface area contributed by atoms with Crippen molar-refractivity contribution in [3.8, 4) is 10.8 Å². The summed E-state index contributed by atoms with van der Waals surface area (Å²) in [5, 5.41) is 15.0. The summed E-state index contributed by atoms with van der Waals surface area (Å²) in [6.45, 7) is 4.30. The smallest absolute Gasteiger partial charge is 0.274 e. The lowest BCUT2D eigenvalue weighted by Crippen LogP contribution is -2.85. The van der Waals surface area contributed by atoms with E-state index in [1.165, 1.54) is 16.0 Å². The van der Waals surface area contributed by atoms with Crippen molar-refractivity contribution in [2.45, 2.75) is 32.4 Å². The average Bonchev–Trinajstić information content (AvgIpc) is 3.47. The molecule has 4 nitrogen and oxygen atoms in total. The molecule has 0 aliphatic rings. The monoisotopic (exact) mass is 396 g/mol. The van der Waals surface area contributed by atoms with Gasteiger partial charge in [-0.15, -0.1) is 32.9 Å². The van der Waals surface area contributed by atoms with Crippen LogP contribution in [0.2, 0.25) is 0 Å². The van der Waals surface area contributed by atoms with E-state index in [4.69, 9.17) is 4.42 Å². The maximum Gasteiger partial charge on any atom is 0.274 e. The van der Waals surface area contributed by atoms with Crippen LogP contribution in [0.25, 0.3) is 10.8 Å². The standard InChI is InChI=1S/C21H21N3OS2/c1-3-15-8-10-16(11-9-15)19(17-6-4-12-26-17)22-14(2)20-23-24-21(25-20)18-7-5-13-27-18/h4-14,19,22H,3H2,1-2H3/p+1/t14-,19+/m1/s1. The molecule has 1 aromatic carbocycles. The van der Waals surface area contributed by atoms with Gasteiger partial charge in [0.25, 0.3) is 11.8 Å². The molecule has 3 aromatic heterocycles. The molecule has 0 amide bonds. The van der Waals surface area contributed by atoms with Crippen molar-refractivity contribution < 1.29 is 9.73 Å². The van der Waals surface area contributed by atoms with Gasteiger partial charge in [-0.05, 0) is 41.8 Å². The third-order valence-corrected chi connectivity index (χ3v) is 6.45. The summed E-state index contributed by atoms with van der Waals surface area (Å²) >= 11 is 3.39. The maximum absolute atomic E-state index is 5.94. The van der Waals surface area contributed by atoms with E-state index in [-0.39, 0.29) is 12.1 Å². The van der Waals surface area contributed by atoms with E-state index in [1.54, 1.807) is 22.7 Å². The highest BCUT2D eigenvalue weighted by molar-refractivity contribution is 7.13. The molecule has 2 atom stereocenters. The molecule has 0 aliphatic heterocycles. The van der Waals surface area contributed by atoms with Crippen molar-refractivity contribution in [2.24, 2.45) is 0 Å². The van der Waals surface area contributed by atoms with Crippen LogP contribution >= 0.6 is 22.7 Å². The molecular formula is C21H22N3OS2+. The lowest BCUT2D eigenvalue weighted by molar-refractivity contribution is -0.725. The van der Waals surface area contributed by atoms with Gasteiger partial charge in [0.15, 0.2) is 6.04 Å². The van der Waals surface area contributed by atoms with E-state index in [0.717, 1.165) is 11.3 Å². The SMILES string of the molecule is CCc1ccc([C@H]([NH2+][C@H](C)c2nnc(-c3cccs3)o2)c2cccs2)cc1. The van der Waals surface area contributed by atoms with E-state index in [1.807, 2.05) is 17.5 Å². The van der Waals surface area contributed by atoms with Crippen LogP contribution in [0, 0.1) is 0 Å². The minimum absolute atomic E-state index is 0.0594. The number of nitrogens with zero attached hydrogens (tertiary/aromatic N) is 2. The second-order valence-corrected chi connectivity index (χ2v) is 8.42. The molecule has 0 aliphatic carbocycles. The normalized spacial score (nSPS) is 13.6. The van der Waals surface area contributed by atoms with Gasteiger partial charge in [0.2, 0.25) is 0 Å². The van der Waals surface area contributed by atoms with Crippen LogP contribution in [0.4, 0.5) is 0 Å². The average molecular weight is 397 g/mol. The number of thiophene rings is 2. The van der Waals surface area contributed by atoms with Crippen LogP contribution in [0.15, 0.2) is 63.7 Å². The zero-order valence-electron chi connectivity index (χ0n) is 15.3. The Hall–Kier alpha value is -2.28. The molecule has 27 heavy (non-hydrogen) atoms. The molecule has 6 heteroatoms. The largest absolute Gasteiger partial charge is 0.414 e. The Kier molecular flexibility index (Phi) is 5.48. The van der Waals surface area contributed by atoms with Crippen LogP contribution in [0.5, 0.6) is 0 Å². The van der Waals surface area contributed by atoms with Gasteiger partial charge in [0.05, 0.1) is 9.75 Å². The molecule has 4 aromatic rings. The highest BCUT2D eigenvalue weighted by Gasteiger charge is 2.26. The predicted octanol–water partition coefficient (Wildman–Crippen LogP) is 4.84. The minimum atomic E-state index is 0.0594. The van der Waals surface area contributed by atoms with Crippen LogP contribution < -0.4 is 5.32 Å². The zero-order chi connectivity index (χ0) is 18.6. The summed E-state index contributed by atoms with van der Waals surface area (Å²) < 4.78 is 5.94. The fourth-order valence-corrected chi connectivity index (χ4v) is 4.57. The summed E-state index contributed by atoms with van der Waals surface area (Å²) in [4.78, 5) is 2.33. The zero-order valence-corrected chi connectivity index (χ0v) is 17.0. The molecule has 2 N–H and O–H groups in total. The number of hydrogen-bond donors (Lipinski definition) is 1. The van der Waals surface area contributed by atoms with Gasteiger partial charge in [-0.2, -0.15) is 0 Å². The first-order chi connectivity index (χ1) is 13.2. The summed E-state index contributed by atoms with van der Waals surface area (Å²) in [5.74, 6) is 1.25. The Morgan fingerprint density at radius 3 is 2.44 bits per heavy atom. The van der Waals surface area contributed by atoms with Gasteiger partial charge in [-0.1, -0.05) is 43.3 Å². The highest BCUT2D eigenvalue weighted by atomic mass is 32.1. The molecule has 3 heterocycles. The quantitative estimate of drug-likeness (QED) is 0.486. The molecule has 0 bridgehead atoms. The van der Waals surface area contributed by atoms with Gasteiger partial charge in [-0.25, -0.2) is 0 Å². The van der Waals surface area contributed by atoms with Crippen molar-refractivity contribution in [1.82, 2.24) is 10.2 Å². The third-order valence-electron chi connectivity index (χ3n) is 4.64. The molecule has 0 saturated carbocycles. The molecule has 0 radical (unpaired) electrons. The van der Waals surface area contributed by atoms with Crippen molar-refractivity contribution >= 4 is 22.7 Å². The van der Waals surface area contributed by atoms with Crippen LogP contribution in [0.1, 0.15) is 47.8 Å². The fraction of sp³-hybridized carbons (Fsp3) is 0.238. The fourth-order valence-electron chi connectivity index (χ4n) is 3.09. The Morgan fingerprint density at radius 1 is 1.00 bits per heavy atom. The molecule has 0 spiro atoms. The number of rotatable bonds is 7. The number of aromatic nitrogens is 2. The number of benzene rings is 1. The predicted molar refractivity (Wildman–Crippen MR) is 110 cm³/mol. The topological polar surface area (TPSA) is 55.5 Å². The summed E-state index contributed by atoms with van der Waals surface area (Å²) in [5.41, 5.74) is 2.65. The van der Waals surface area contributed by atoms with Crippen LogP contribution in [-0.2, 0) is 6.42 Å². The lowest BCUT2D eigenvalue weighted by Gasteiger charge is -2.18. The highest BCUT2D eigenvalue weighted by Crippen LogP contribution is 2.26. The number of nitrogens with two attached hydrogens (primary N) is 1. The van der Waals surface area contributed by atoms with Gasteiger partial charge >= 0.3 is 0 Å². The Bertz CT molecular complexity index is 959. The molecule has 0 saturated heterocycles. The van der Waals surface area contributed by atoms with E-state index < -0.39 is 0 Å². The first kappa shape index (κ1) is 18.1. The van der Waals surface area contributed by atoms with Gasteiger partial charge in [0.1, 0.15) is 6.04 Å². The first-order valence-electron chi connectivity index (χ1n) is 9.09. The lowest BCUT2D eigenvalue weighted by atomic mass is 10.0. The summed E-state index contributed by atoms with van der Waals surface area (Å²) in [6, 6.07) is 17.5. The molecule has 0 unspecified atom stereocenters. The molecule has 4 rings (SSSR count). The Morgan fingerprint density at radius 2 is 1.78 bits per heavy atom. The molecule has 138 valence electrons. The molecule has 0 fully saturated rings. The van der Waals surface area contributed by atoms with Crippen LogP contribution in [-0.4, -0.2) is 10.2 Å². The Labute approximate surface area is 166 Å². The third kappa shape index (κ3) is 4.03. The number of aryl methyl sites for hydroxylation is 1. The summed E-state index contributed by atoms with van der Waals surface area (Å²) in [7, 11) is 0. The minimum Gasteiger partial charge on any atom is -0.414 e. The number of hydrogen-bond acceptors (Lipinski definition) is 5. The number of quaternary nitrogens is 1. The second-order valence-electron chi connectivity index (χ2n) is 6.49. The van der Waals surface area contributed by atoms with Crippen LogP contribution in [0.3, 0.4) is 0 Å². The van der Waals surface area contributed by atoms with Crippen molar-refractivity contribution in [2.75, 3.05) is 0 Å². The van der Waals surface area contributed by atoms with Gasteiger partial charge < -0.3 is 9.73 Å². The van der Waals surface area contributed by atoms with E-state index in [2.05, 4.69) is 71.1 Å². The van der Waals surface area contributed by atoms with E-state index in [9.17, 15) is 0 Å². The Balaban J connectivity index is 1.57. The first-order valence-corrected chi connectivity index (χ1v) is 10.8. The van der Waals surface area contributed by atoms with Gasteiger partial charge in [0, 0.05) is 5.56 Å². The van der Waals surface area contributed by atoms with E-state index >= 15 is 0 Å². The molecular weight excluding hydrogens is 374 g/mol. The summed E-state index contributed by atoms with van der Waals surface area (Å²) in [6.07, 6.45) is 1.05. The van der Waals surface area contributed by atoms with Crippen molar-refractivity contribution in [1.29, 1.82) is 0 Å². The van der Waals surface area contributed by atoms with Gasteiger partial charge in [-0.3, -0.25) is 0 Å². The second kappa shape index (κ2) is 8.17. The van der Waals surface area contributed by atoms with E-state index in [0.29, 0.717) is 11.8 Å². The maximum atomic E-state index is 5.94.